The van der Waals surface area contributed by atoms with Crippen molar-refractivity contribution < 1.29 is 14.3 Å². The van der Waals surface area contributed by atoms with Crippen molar-refractivity contribution in [2.75, 3.05) is 6.54 Å². The summed E-state index contributed by atoms with van der Waals surface area (Å²) < 4.78 is 5.17. The van der Waals surface area contributed by atoms with Crippen LogP contribution in [0.15, 0.2) is 28.7 Å². The zero-order valence-electron chi connectivity index (χ0n) is 8.99. The topological polar surface area (TPSA) is 62.5 Å². The van der Waals surface area contributed by atoms with Crippen LogP contribution in [0, 0.1) is 0 Å². The Balaban J connectivity index is 2.34. The first-order valence-corrected chi connectivity index (χ1v) is 5.17. The van der Waals surface area contributed by atoms with Gasteiger partial charge in [0.25, 0.3) is 0 Å². The van der Waals surface area contributed by atoms with Crippen molar-refractivity contribution in [2.45, 2.75) is 13.5 Å². The molecular formula is C12H13NO3. The van der Waals surface area contributed by atoms with Crippen molar-refractivity contribution in [2.24, 2.45) is 0 Å². The Morgan fingerprint density at radius 2 is 2.25 bits per heavy atom. The number of carbonyl (C=O) groups is 1. The van der Waals surface area contributed by atoms with Crippen molar-refractivity contribution >= 4 is 16.9 Å². The molecule has 0 saturated heterocycles. The number of rotatable bonds is 4. The van der Waals surface area contributed by atoms with E-state index in [0.717, 1.165) is 24.0 Å². The Kier molecular flexibility index (Phi) is 2.92. The highest BCUT2D eigenvalue weighted by molar-refractivity contribution is 5.91. The van der Waals surface area contributed by atoms with E-state index in [1.54, 1.807) is 12.1 Å². The van der Waals surface area contributed by atoms with Crippen LogP contribution in [0.2, 0.25) is 0 Å². The van der Waals surface area contributed by atoms with E-state index in [0.29, 0.717) is 5.58 Å². The van der Waals surface area contributed by atoms with Crippen LogP contribution >= 0.6 is 0 Å². The predicted octanol–water partition coefficient (Wildman–Crippen LogP) is 2.24. The van der Waals surface area contributed by atoms with Crippen LogP contribution in [-0.2, 0) is 6.54 Å². The number of hydrogen-bond acceptors (Lipinski definition) is 3. The zero-order chi connectivity index (χ0) is 11.5. The number of aromatic carboxylic acids is 1. The van der Waals surface area contributed by atoms with Gasteiger partial charge in [-0.25, -0.2) is 4.79 Å². The molecule has 0 aliphatic carbocycles. The number of carboxylic acids is 1. The summed E-state index contributed by atoms with van der Waals surface area (Å²) in [5, 5.41) is 12.8. The van der Waals surface area contributed by atoms with Gasteiger partial charge in [0.1, 0.15) is 5.58 Å². The summed E-state index contributed by atoms with van der Waals surface area (Å²) in [6.45, 7) is 3.72. The molecule has 2 rings (SSSR count). The molecule has 0 radical (unpaired) electrons. The Morgan fingerprint density at radius 3 is 2.94 bits per heavy atom. The van der Waals surface area contributed by atoms with Crippen LogP contribution in [0.25, 0.3) is 11.0 Å². The third kappa shape index (κ3) is 2.06. The minimum Gasteiger partial charge on any atom is -0.475 e. The second-order valence-electron chi connectivity index (χ2n) is 3.57. The monoisotopic (exact) mass is 219 g/mol. The van der Waals surface area contributed by atoms with Gasteiger partial charge in [0, 0.05) is 11.9 Å². The maximum atomic E-state index is 10.7. The fourth-order valence-electron chi connectivity index (χ4n) is 1.58. The highest BCUT2D eigenvalue weighted by atomic mass is 16.4. The molecule has 1 heterocycles. The van der Waals surface area contributed by atoms with E-state index in [9.17, 15) is 4.79 Å². The number of hydrogen-bond donors (Lipinski definition) is 2. The van der Waals surface area contributed by atoms with Gasteiger partial charge >= 0.3 is 5.97 Å². The van der Waals surface area contributed by atoms with Crippen molar-refractivity contribution in [3.05, 3.63) is 35.6 Å². The molecule has 2 aromatic rings. The Bertz CT molecular complexity index is 516. The van der Waals surface area contributed by atoms with E-state index < -0.39 is 5.97 Å². The highest BCUT2D eigenvalue weighted by Gasteiger charge is 2.10. The molecule has 16 heavy (non-hydrogen) atoms. The van der Waals surface area contributed by atoms with Crippen molar-refractivity contribution in [3.63, 3.8) is 0 Å². The summed E-state index contributed by atoms with van der Waals surface area (Å²) in [6, 6.07) is 7.22. The molecule has 4 heteroatoms. The highest BCUT2D eigenvalue weighted by Crippen LogP contribution is 2.20. The van der Waals surface area contributed by atoms with Crippen LogP contribution in [0.1, 0.15) is 23.0 Å². The normalized spacial score (nSPS) is 10.8. The average molecular weight is 219 g/mol. The Morgan fingerprint density at radius 1 is 1.44 bits per heavy atom. The van der Waals surface area contributed by atoms with E-state index in [4.69, 9.17) is 9.52 Å². The molecule has 0 fully saturated rings. The van der Waals surface area contributed by atoms with Gasteiger partial charge in [-0.2, -0.15) is 0 Å². The van der Waals surface area contributed by atoms with Crippen molar-refractivity contribution in [3.8, 4) is 0 Å². The standard InChI is InChI=1S/C12H13NO3/c1-2-13-7-8-3-4-10-9(5-8)6-11(16-10)12(14)15/h3-6,13H,2,7H2,1H3,(H,14,15). The SMILES string of the molecule is CCNCc1ccc2oc(C(=O)O)cc2c1. The number of furan rings is 1. The molecule has 1 aromatic carbocycles. The molecule has 0 amide bonds. The molecule has 4 nitrogen and oxygen atoms in total. The number of nitrogens with one attached hydrogen (secondary N) is 1. The lowest BCUT2D eigenvalue weighted by Gasteiger charge is -2.00. The van der Waals surface area contributed by atoms with E-state index in [1.807, 2.05) is 19.1 Å². The van der Waals surface area contributed by atoms with Crippen LogP contribution in [-0.4, -0.2) is 17.6 Å². The molecule has 0 aliphatic heterocycles. The molecule has 0 unspecified atom stereocenters. The van der Waals surface area contributed by atoms with Gasteiger partial charge in [-0.05, 0) is 30.3 Å². The Hall–Kier alpha value is -1.81. The second-order valence-corrected chi connectivity index (χ2v) is 3.57. The largest absolute Gasteiger partial charge is 0.475 e. The first kappa shape index (κ1) is 10.7. The van der Waals surface area contributed by atoms with Gasteiger partial charge in [-0.3, -0.25) is 0 Å². The molecule has 0 aliphatic rings. The van der Waals surface area contributed by atoms with Crippen LogP contribution in [0.4, 0.5) is 0 Å². The molecule has 0 spiro atoms. The second kappa shape index (κ2) is 4.37. The quantitative estimate of drug-likeness (QED) is 0.827. The van der Waals surface area contributed by atoms with Gasteiger partial charge < -0.3 is 14.8 Å². The average Bonchev–Trinajstić information content (AvgIpc) is 2.69. The predicted molar refractivity (Wildman–Crippen MR) is 60.6 cm³/mol. The van der Waals surface area contributed by atoms with E-state index in [-0.39, 0.29) is 5.76 Å². The summed E-state index contributed by atoms with van der Waals surface area (Å²) in [6.07, 6.45) is 0. The van der Waals surface area contributed by atoms with Gasteiger partial charge in [0.2, 0.25) is 5.76 Å². The van der Waals surface area contributed by atoms with Gasteiger partial charge in [-0.1, -0.05) is 13.0 Å². The van der Waals surface area contributed by atoms with Crippen molar-refractivity contribution in [1.29, 1.82) is 0 Å². The molecule has 0 bridgehead atoms. The van der Waals surface area contributed by atoms with Crippen LogP contribution < -0.4 is 5.32 Å². The smallest absolute Gasteiger partial charge is 0.371 e. The first-order valence-electron chi connectivity index (χ1n) is 5.17. The van der Waals surface area contributed by atoms with E-state index in [2.05, 4.69) is 5.32 Å². The third-order valence-corrected chi connectivity index (χ3v) is 2.37. The summed E-state index contributed by atoms with van der Waals surface area (Å²) in [5.74, 6) is -1.06. The fraction of sp³-hybridized carbons (Fsp3) is 0.250. The summed E-state index contributed by atoms with van der Waals surface area (Å²) >= 11 is 0. The van der Waals surface area contributed by atoms with E-state index in [1.165, 1.54) is 0 Å². The molecule has 0 saturated carbocycles. The van der Waals surface area contributed by atoms with Crippen LogP contribution in [0.3, 0.4) is 0 Å². The lowest BCUT2D eigenvalue weighted by Crippen LogP contribution is -2.11. The lowest BCUT2D eigenvalue weighted by atomic mass is 10.1. The molecular weight excluding hydrogens is 206 g/mol. The summed E-state index contributed by atoms with van der Waals surface area (Å²) in [4.78, 5) is 10.7. The van der Waals surface area contributed by atoms with Crippen LogP contribution in [0.5, 0.6) is 0 Å². The van der Waals surface area contributed by atoms with Gasteiger partial charge in [-0.15, -0.1) is 0 Å². The maximum absolute atomic E-state index is 10.7. The first-order chi connectivity index (χ1) is 7.70. The van der Waals surface area contributed by atoms with Gasteiger partial charge in [0.15, 0.2) is 0 Å². The lowest BCUT2D eigenvalue weighted by molar-refractivity contribution is 0.0665. The molecule has 1 aromatic heterocycles. The number of carboxylic acid groups (broad SMARTS) is 1. The minimum atomic E-state index is -1.04. The number of fused-ring (bicyclic) bond motifs is 1. The maximum Gasteiger partial charge on any atom is 0.371 e. The minimum absolute atomic E-state index is 0.0180. The zero-order valence-corrected chi connectivity index (χ0v) is 8.99. The van der Waals surface area contributed by atoms with E-state index >= 15 is 0 Å². The third-order valence-electron chi connectivity index (χ3n) is 2.37. The summed E-state index contributed by atoms with van der Waals surface area (Å²) in [7, 11) is 0. The number of benzene rings is 1. The Labute approximate surface area is 92.9 Å². The molecule has 84 valence electrons. The molecule has 0 atom stereocenters. The van der Waals surface area contributed by atoms with Gasteiger partial charge in [0.05, 0.1) is 0 Å². The fourth-order valence-corrected chi connectivity index (χ4v) is 1.58. The summed E-state index contributed by atoms with van der Waals surface area (Å²) in [5.41, 5.74) is 1.73. The van der Waals surface area contributed by atoms with Crippen molar-refractivity contribution in [1.82, 2.24) is 5.32 Å². The molecule has 2 N–H and O–H groups in total.